The van der Waals surface area contributed by atoms with Crippen LogP contribution in [0.25, 0.3) is 0 Å². The van der Waals surface area contributed by atoms with Crippen molar-refractivity contribution in [3.05, 3.63) is 0 Å². The second-order valence-corrected chi connectivity index (χ2v) is 4.78. The number of Topliss-reactive ketones (excluding diaryl/α,β-unsaturated/α-hetero) is 1. The highest BCUT2D eigenvalue weighted by atomic mass is 32.2. The third-order valence-electron chi connectivity index (χ3n) is 1.91. The van der Waals surface area contributed by atoms with Gasteiger partial charge in [0, 0.05) is 11.7 Å². The van der Waals surface area contributed by atoms with Gasteiger partial charge < -0.3 is 11.1 Å². The summed E-state index contributed by atoms with van der Waals surface area (Å²) in [5, 5.41) is 2.51. The van der Waals surface area contributed by atoms with Crippen molar-refractivity contribution in [1.82, 2.24) is 5.32 Å². The molecule has 3 N–H and O–H groups in total. The molecule has 0 aromatic heterocycles. The number of hydrogen-bond donors (Lipinski definition) is 2. The summed E-state index contributed by atoms with van der Waals surface area (Å²) in [6, 6.07) is -0.659. The van der Waals surface area contributed by atoms with E-state index < -0.39 is 11.9 Å². The van der Waals surface area contributed by atoms with Gasteiger partial charge in [-0.3, -0.25) is 14.4 Å². The Bertz CT molecular complexity index is 281. The van der Waals surface area contributed by atoms with E-state index in [2.05, 4.69) is 5.32 Å². The average molecular weight is 246 g/mol. The van der Waals surface area contributed by atoms with Gasteiger partial charge in [0.05, 0.1) is 5.75 Å². The van der Waals surface area contributed by atoms with Crippen LogP contribution in [-0.2, 0) is 14.4 Å². The largest absolute Gasteiger partial charge is 0.368 e. The molecule has 0 aromatic carbocycles. The van der Waals surface area contributed by atoms with Crippen LogP contribution in [0.5, 0.6) is 0 Å². The van der Waals surface area contributed by atoms with Crippen LogP contribution in [0.3, 0.4) is 0 Å². The number of hydrogen-bond acceptors (Lipinski definition) is 4. The maximum absolute atomic E-state index is 11.5. The third kappa shape index (κ3) is 6.44. The van der Waals surface area contributed by atoms with E-state index in [0.717, 1.165) is 0 Å². The minimum atomic E-state index is -0.659. The molecule has 0 aliphatic carbocycles. The molecule has 92 valence electrons. The molecule has 2 amide bonds. The van der Waals surface area contributed by atoms with Gasteiger partial charge in [0.25, 0.3) is 0 Å². The monoisotopic (exact) mass is 246 g/mol. The van der Waals surface area contributed by atoms with Crippen LogP contribution in [0, 0.1) is 5.92 Å². The van der Waals surface area contributed by atoms with Gasteiger partial charge in [-0.25, -0.2) is 0 Å². The van der Waals surface area contributed by atoms with E-state index in [1.807, 2.05) is 0 Å². The molecule has 0 aliphatic rings. The molecular weight excluding hydrogens is 228 g/mol. The summed E-state index contributed by atoms with van der Waals surface area (Å²) in [5.74, 6) is 0.0217. The van der Waals surface area contributed by atoms with Crippen LogP contribution < -0.4 is 11.1 Å². The molecule has 16 heavy (non-hydrogen) atoms. The highest BCUT2D eigenvalue weighted by molar-refractivity contribution is 7.99. The second-order valence-electron chi connectivity index (χ2n) is 3.75. The fourth-order valence-electron chi connectivity index (χ4n) is 0.882. The number of ketones is 1. The first kappa shape index (κ1) is 15.0. The van der Waals surface area contributed by atoms with Crippen molar-refractivity contribution >= 4 is 29.4 Å². The standard InChI is InChI=1S/C10H18N2O3S/c1-6(4-16-5-7(2)13)10(15)12-8(3)9(11)14/h6,8H,4-5H2,1-3H3,(H2,11,14)(H,12,15)/t6-,8-/m0/s1. The topological polar surface area (TPSA) is 89.3 Å². The van der Waals surface area contributed by atoms with Crippen molar-refractivity contribution in [1.29, 1.82) is 0 Å². The average Bonchev–Trinajstić information content (AvgIpc) is 2.16. The van der Waals surface area contributed by atoms with Crippen molar-refractivity contribution in [2.75, 3.05) is 11.5 Å². The summed E-state index contributed by atoms with van der Waals surface area (Å²) < 4.78 is 0. The maximum atomic E-state index is 11.5. The van der Waals surface area contributed by atoms with E-state index in [-0.39, 0.29) is 17.6 Å². The van der Waals surface area contributed by atoms with Gasteiger partial charge in [-0.1, -0.05) is 6.92 Å². The van der Waals surface area contributed by atoms with E-state index in [1.165, 1.54) is 25.6 Å². The number of thioether (sulfide) groups is 1. The summed E-state index contributed by atoms with van der Waals surface area (Å²) in [4.78, 5) is 32.9. The lowest BCUT2D eigenvalue weighted by atomic mass is 10.2. The fourth-order valence-corrected chi connectivity index (χ4v) is 1.79. The Labute approximate surface area is 99.5 Å². The zero-order valence-electron chi connectivity index (χ0n) is 9.78. The molecule has 0 heterocycles. The lowest BCUT2D eigenvalue weighted by molar-refractivity contribution is -0.128. The van der Waals surface area contributed by atoms with E-state index in [0.29, 0.717) is 11.5 Å². The van der Waals surface area contributed by atoms with Crippen molar-refractivity contribution < 1.29 is 14.4 Å². The number of amides is 2. The Hall–Kier alpha value is -1.04. The number of nitrogens with two attached hydrogens (primary N) is 1. The zero-order valence-corrected chi connectivity index (χ0v) is 10.6. The molecule has 0 bridgehead atoms. The Balaban J connectivity index is 3.90. The van der Waals surface area contributed by atoms with Crippen molar-refractivity contribution in [3.8, 4) is 0 Å². The number of rotatable bonds is 7. The molecule has 0 radical (unpaired) electrons. The highest BCUT2D eigenvalue weighted by Gasteiger charge is 2.17. The van der Waals surface area contributed by atoms with E-state index in [1.54, 1.807) is 6.92 Å². The third-order valence-corrected chi connectivity index (χ3v) is 3.25. The van der Waals surface area contributed by atoms with Crippen LogP contribution >= 0.6 is 11.8 Å². The van der Waals surface area contributed by atoms with Crippen LogP contribution in [0.2, 0.25) is 0 Å². The van der Waals surface area contributed by atoms with Gasteiger partial charge in [-0.15, -0.1) is 0 Å². The minimum Gasteiger partial charge on any atom is -0.368 e. The summed E-state index contributed by atoms with van der Waals surface area (Å²) in [6.45, 7) is 4.79. The van der Waals surface area contributed by atoms with Gasteiger partial charge in [-0.2, -0.15) is 11.8 Å². The van der Waals surface area contributed by atoms with E-state index in [9.17, 15) is 14.4 Å². The first-order valence-corrected chi connectivity index (χ1v) is 6.17. The highest BCUT2D eigenvalue weighted by Crippen LogP contribution is 2.08. The van der Waals surface area contributed by atoms with Gasteiger partial charge in [0.15, 0.2) is 0 Å². The second kappa shape index (κ2) is 7.27. The number of carbonyl (C=O) groups is 3. The lowest BCUT2D eigenvalue weighted by Gasteiger charge is -2.14. The Morgan fingerprint density at radius 3 is 2.31 bits per heavy atom. The summed E-state index contributed by atoms with van der Waals surface area (Å²) >= 11 is 1.41. The predicted octanol–water partition coefficient (Wildman–Crippen LogP) is -0.0653. The maximum Gasteiger partial charge on any atom is 0.239 e. The van der Waals surface area contributed by atoms with Gasteiger partial charge in [0.2, 0.25) is 11.8 Å². The molecule has 0 saturated heterocycles. The van der Waals surface area contributed by atoms with Crippen LogP contribution in [0.1, 0.15) is 20.8 Å². The number of nitrogens with one attached hydrogen (secondary N) is 1. The van der Waals surface area contributed by atoms with Crippen molar-refractivity contribution in [2.24, 2.45) is 11.7 Å². The molecular formula is C10H18N2O3S. The van der Waals surface area contributed by atoms with Gasteiger partial charge >= 0.3 is 0 Å². The Morgan fingerprint density at radius 2 is 1.88 bits per heavy atom. The van der Waals surface area contributed by atoms with Crippen LogP contribution in [0.4, 0.5) is 0 Å². The first-order valence-electron chi connectivity index (χ1n) is 5.01. The summed E-state index contributed by atoms with van der Waals surface area (Å²) in [5.41, 5.74) is 5.02. The van der Waals surface area contributed by atoms with E-state index in [4.69, 9.17) is 5.73 Å². The zero-order chi connectivity index (χ0) is 12.7. The molecule has 0 aliphatic heterocycles. The number of carbonyl (C=O) groups excluding carboxylic acids is 3. The fraction of sp³-hybridized carbons (Fsp3) is 0.700. The molecule has 0 aromatic rings. The molecule has 0 fully saturated rings. The molecule has 6 heteroatoms. The van der Waals surface area contributed by atoms with Gasteiger partial charge in [0.1, 0.15) is 11.8 Å². The van der Waals surface area contributed by atoms with Crippen LogP contribution in [0.15, 0.2) is 0 Å². The minimum absolute atomic E-state index is 0.0862. The first-order chi connectivity index (χ1) is 7.34. The molecule has 0 saturated carbocycles. The Morgan fingerprint density at radius 1 is 1.31 bits per heavy atom. The summed E-state index contributed by atoms with van der Waals surface area (Å²) in [7, 11) is 0. The van der Waals surface area contributed by atoms with Crippen molar-refractivity contribution in [2.45, 2.75) is 26.8 Å². The lowest BCUT2D eigenvalue weighted by Crippen LogP contribution is -2.44. The smallest absolute Gasteiger partial charge is 0.239 e. The molecule has 0 unspecified atom stereocenters. The Kier molecular flexibility index (Phi) is 6.80. The van der Waals surface area contributed by atoms with Crippen LogP contribution in [-0.4, -0.2) is 35.1 Å². The SMILES string of the molecule is CC(=O)CSC[C@H](C)C(=O)N[C@@H](C)C(N)=O. The number of primary amides is 1. The summed E-state index contributed by atoms with van der Waals surface area (Å²) in [6.07, 6.45) is 0. The van der Waals surface area contributed by atoms with E-state index >= 15 is 0 Å². The molecule has 2 atom stereocenters. The molecule has 0 spiro atoms. The quantitative estimate of drug-likeness (QED) is 0.658. The van der Waals surface area contributed by atoms with Crippen molar-refractivity contribution in [3.63, 3.8) is 0 Å². The van der Waals surface area contributed by atoms with Gasteiger partial charge in [-0.05, 0) is 13.8 Å². The normalized spacial score (nSPS) is 13.9. The molecule has 5 nitrogen and oxygen atoms in total. The predicted molar refractivity (Wildman–Crippen MR) is 64.0 cm³/mol. The molecule has 0 rings (SSSR count).